The van der Waals surface area contributed by atoms with Gasteiger partial charge in [-0.15, -0.1) is 0 Å². The van der Waals surface area contributed by atoms with Crippen LogP contribution in [0.4, 0.5) is 5.69 Å². The largest absolute Gasteiger partial charge is 0.391 e. The highest BCUT2D eigenvalue weighted by Crippen LogP contribution is 2.22. The summed E-state index contributed by atoms with van der Waals surface area (Å²) in [5, 5.41) is 12.2. The molecule has 118 valence electrons. The normalized spacial score (nSPS) is 13.8. The molecule has 3 N–H and O–H groups in total. The lowest BCUT2D eigenvalue weighted by Gasteiger charge is -2.29. The number of rotatable bonds is 5. The molecule has 1 unspecified atom stereocenters. The number of benzene rings is 1. The van der Waals surface area contributed by atoms with Crippen LogP contribution in [0.15, 0.2) is 23.1 Å². The number of aryl methyl sites for hydroxylation is 1. The maximum absolute atomic E-state index is 12.5. The van der Waals surface area contributed by atoms with Crippen molar-refractivity contribution in [2.24, 2.45) is 0 Å². The van der Waals surface area contributed by atoms with Crippen molar-refractivity contribution in [2.45, 2.75) is 51.2 Å². The summed E-state index contributed by atoms with van der Waals surface area (Å²) in [6.45, 7) is 7.73. The highest BCUT2D eigenvalue weighted by Gasteiger charge is 2.31. The fourth-order valence-corrected chi connectivity index (χ4v) is 3.40. The highest BCUT2D eigenvalue weighted by atomic mass is 32.2. The minimum atomic E-state index is -3.81. The topological polar surface area (TPSA) is 95.5 Å². The van der Waals surface area contributed by atoms with Gasteiger partial charge in [-0.2, -0.15) is 0 Å². The predicted octanol–water partition coefficient (Wildman–Crippen LogP) is 1.39. The molecule has 0 aliphatic rings. The molecule has 6 nitrogen and oxygen atoms in total. The fourth-order valence-electron chi connectivity index (χ4n) is 1.66. The maximum Gasteiger partial charge on any atom is 0.241 e. The van der Waals surface area contributed by atoms with Gasteiger partial charge >= 0.3 is 0 Å². The van der Waals surface area contributed by atoms with Crippen LogP contribution in [-0.2, 0) is 14.8 Å². The van der Waals surface area contributed by atoms with Crippen molar-refractivity contribution in [3.8, 4) is 0 Å². The Morgan fingerprint density at radius 1 is 1.33 bits per heavy atom. The molecule has 0 bridgehead atoms. The molecule has 0 spiro atoms. The molecular weight excluding hydrogens is 292 g/mol. The van der Waals surface area contributed by atoms with Crippen molar-refractivity contribution in [3.63, 3.8) is 0 Å². The quantitative estimate of drug-likeness (QED) is 0.765. The van der Waals surface area contributed by atoms with Gasteiger partial charge in [-0.3, -0.25) is 4.79 Å². The molecule has 0 saturated heterocycles. The standard InChI is InChI=1S/C14H22N2O4S/c1-9-6-7-12(15-11(3)18)8-13(9)21(19,20)16-14(4,5)10(2)17/h6-8,10,16-17H,1-5H3,(H,15,18). The fraction of sp³-hybridized carbons (Fsp3) is 0.500. The average Bonchev–Trinajstić information content (AvgIpc) is 2.29. The number of carbonyl (C=O) groups is 1. The van der Waals surface area contributed by atoms with Crippen LogP contribution < -0.4 is 10.0 Å². The van der Waals surface area contributed by atoms with Crippen LogP contribution in [0.1, 0.15) is 33.3 Å². The molecule has 0 heterocycles. The first kappa shape index (κ1) is 17.6. The van der Waals surface area contributed by atoms with E-state index in [9.17, 15) is 18.3 Å². The van der Waals surface area contributed by atoms with Gasteiger partial charge in [-0.05, 0) is 45.4 Å². The zero-order valence-corrected chi connectivity index (χ0v) is 13.7. The molecule has 0 fully saturated rings. The van der Waals surface area contributed by atoms with Crippen molar-refractivity contribution in [3.05, 3.63) is 23.8 Å². The zero-order chi connectivity index (χ0) is 16.4. The Balaban J connectivity index is 3.22. The van der Waals surface area contributed by atoms with Crippen LogP contribution in [-0.4, -0.2) is 31.1 Å². The van der Waals surface area contributed by atoms with E-state index in [2.05, 4.69) is 10.0 Å². The Bertz CT molecular complexity index is 636. The van der Waals surface area contributed by atoms with Crippen molar-refractivity contribution in [1.82, 2.24) is 4.72 Å². The molecule has 0 saturated carbocycles. The van der Waals surface area contributed by atoms with E-state index in [0.717, 1.165) is 0 Å². The summed E-state index contributed by atoms with van der Waals surface area (Å²) < 4.78 is 27.4. The lowest BCUT2D eigenvalue weighted by atomic mass is 10.0. The Labute approximate surface area is 125 Å². The van der Waals surface area contributed by atoms with Crippen molar-refractivity contribution >= 4 is 21.6 Å². The van der Waals surface area contributed by atoms with Gasteiger partial charge in [-0.25, -0.2) is 13.1 Å². The third-order valence-corrected chi connectivity index (χ3v) is 5.05. The smallest absolute Gasteiger partial charge is 0.241 e. The molecule has 0 aliphatic carbocycles. The first-order chi connectivity index (χ1) is 9.45. The van der Waals surface area contributed by atoms with Crippen molar-refractivity contribution in [1.29, 1.82) is 0 Å². The van der Waals surface area contributed by atoms with E-state index in [0.29, 0.717) is 11.3 Å². The number of hydrogen-bond acceptors (Lipinski definition) is 4. The van der Waals surface area contributed by atoms with E-state index in [-0.39, 0.29) is 10.8 Å². The number of amides is 1. The number of anilines is 1. The lowest BCUT2D eigenvalue weighted by Crippen LogP contribution is -2.50. The second-order valence-corrected chi connectivity index (χ2v) is 7.32. The van der Waals surface area contributed by atoms with Gasteiger partial charge in [0.05, 0.1) is 16.5 Å². The Morgan fingerprint density at radius 2 is 1.90 bits per heavy atom. The lowest BCUT2D eigenvalue weighted by molar-refractivity contribution is -0.114. The third-order valence-electron chi connectivity index (χ3n) is 3.24. The van der Waals surface area contributed by atoms with Gasteiger partial charge in [-0.1, -0.05) is 6.07 Å². The molecule has 1 amide bonds. The summed E-state index contributed by atoms with van der Waals surface area (Å²) in [6.07, 6.45) is -0.855. The zero-order valence-electron chi connectivity index (χ0n) is 12.9. The molecule has 1 aromatic rings. The second-order valence-electron chi connectivity index (χ2n) is 5.66. The molecule has 0 radical (unpaired) electrons. The summed E-state index contributed by atoms with van der Waals surface area (Å²) in [5.74, 6) is -0.278. The van der Waals surface area contributed by atoms with Crippen molar-refractivity contribution in [2.75, 3.05) is 5.32 Å². The Morgan fingerprint density at radius 3 is 2.38 bits per heavy atom. The monoisotopic (exact) mass is 314 g/mol. The molecule has 7 heteroatoms. The number of aliphatic hydroxyl groups is 1. The second kappa shape index (κ2) is 6.13. The summed E-state index contributed by atoms with van der Waals surface area (Å²) in [5.41, 5.74) is -0.0451. The van der Waals surface area contributed by atoms with Crippen molar-refractivity contribution < 1.29 is 18.3 Å². The first-order valence-corrected chi connectivity index (χ1v) is 8.04. The van der Waals surface area contributed by atoms with E-state index < -0.39 is 21.7 Å². The maximum atomic E-state index is 12.5. The Kier molecular flexibility index (Phi) is 5.14. The minimum Gasteiger partial charge on any atom is -0.391 e. The predicted molar refractivity (Wildman–Crippen MR) is 81.6 cm³/mol. The molecular formula is C14H22N2O4S. The van der Waals surface area contributed by atoms with Gasteiger partial charge in [0.2, 0.25) is 15.9 Å². The van der Waals surface area contributed by atoms with Crippen LogP contribution >= 0.6 is 0 Å². The van der Waals surface area contributed by atoms with Gasteiger partial charge < -0.3 is 10.4 Å². The molecule has 0 aromatic heterocycles. The number of hydrogen-bond donors (Lipinski definition) is 3. The number of nitrogens with one attached hydrogen (secondary N) is 2. The summed E-state index contributed by atoms with van der Waals surface area (Å²) >= 11 is 0. The van der Waals surface area contributed by atoms with Gasteiger partial charge in [0.25, 0.3) is 0 Å². The molecule has 1 atom stereocenters. The molecule has 0 aliphatic heterocycles. The minimum absolute atomic E-state index is 0.0717. The number of aliphatic hydroxyl groups excluding tert-OH is 1. The van der Waals surface area contributed by atoms with Gasteiger partial charge in [0.1, 0.15) is 0 Å². The Hall–Kier alpha value is -1.44. The number of carbonyl (C=O) groups excluding carboxylic acids is 1. The highest BCUT2D eigenvalue weighted by molar-refractivity contribution is 7.89. The number of sulfonamides is 1. The first-order valence-electron chi connectivity index (χ1n) is 6.56. The SMILES string of the molecule is CC(=O)Nc1ccc(C)c(S(=O)(=O)NC(C)(C)C(C)O)c1. The third kappa shape index (κ3) is 4.52. The van der Waals surface area contributed by atoms with Gasteiger partial charge in [0, 0.05) is 12.6 Å². The molecule has 1 aromatic carbocycles. The average molecular weight is 314 g/mol. The van der Waals surface area contributed by atoms with E-state index in [1.165, 1.54) is 19.9 Å². The van der Waals surface area contributed by atoms with Crippen LogP contribution in [0.25, 0.3) is 0 Å². The van der Waals surface area contributed by atoms with Crippen LogP contribution in [0, 0.1) is 6.92 Å². The summed E-state index contributed by atoms with van der Waals surface area (Å²) in [7, 11) is -3.81. The summed E-state index contributed by atoms with van der Waals surface area (Å²) in [6, 6.07) is 4.65. The van der Waals surface area contributed by atoms with Crippen LogP contribution in [0.2, 0.25) is 0 Å². The van der Waals surface area contributed by atoms with E-state index in [4.69, 9.17) is 0 Å². The van der Waals surface area contributed by atoms with E-state index >= 15 is 0 Å². The van der Waals surface area contributed by atoms with Gasteiger partial charge in [0.15, 0.2) is 0 Å². The molecule has 21 heavy (non-hydrogen) atoms. The van der Waals surface area contributed by atoms with Crippen LogP contribution in [0.5, 0.6) is 0 Å². The van der Waals surface area contributed by atoms with Crippen LogP contribution in [0.3, 0.4) is 0 Å². The van der Waals surface area contributed by atoms with E-state index in [1.807, 2.05) is 0 Å². The summed E-state index contributed by atoms with van der Waals surface area (Å²) in [4.78, 5) is 11.1. The van der Waals surface area contributed by atoms with E-state index in [1.54, 1.807) is 32.9 Å². The molecule has 1 rings (SSSR count).